The highest BCUT2D eigenvalue weighted by Crippen LogP contribution is 2.39. The number of benzene rings is 1. The van der Waals surface area contributed by atoms with Crippen LogP contribution in [0.2, 0.25) is 0 Å². The first-order chi connectivity index (χ1) is 17.1. The SMILES string of the molecule is CCNC(=O)c1ccc(NC2=C3CCN(c4ccc([N+](=O)[O-])c(C(F)(F)F)c4)CC3=IC=N2)nc1F. The molecular weight excluding hydrogens is 599 g/mol. The van der Waals surface area contributed by atoms with Gasteiger partial charge in [-0.15, -0.1) is 0 Å². The van der Waals surface area contributed by atoms with Crippen molar-refractivity contribution in [2.24, 2.45) is 4.99 Å². The number of piperidine rings is 1. The van der Waals surface area contributed by atoms with Crippen molar-refractivity contribution in [1.82, 2.24) is 10.3 Å². The summed E-state index contributed by atoms with van der Waals surface area (Å²) in [5, 5.41) is 16.5. The highest BCUT2D eigenvalue weighted by Gasteiger charge is 2.39. The summed E-state index contributed by atoms with van der Waals surface area (Å²) in [5.41, 5.74) is -1.33. The van der Waals surface area contributed by atoms with Gasteiger partial charge in [0.2, 0.25) is 5.95 Å². The lowest BCUT2D eigenvalue weighted by molar-refractivity contribution is -0.388. The molecule has 0 spiro atoms. The summed E-state index contributed by atoms with van der Waals surface area (Å²) in [6.07, 6.45) is -4.41. The fourth-order valence-corrected chi connectivity index (χ4v) is 6.03. The number of amides is 1. The first-order valence-corrected chi connectivity index (χ1v) is 13.0. The molecule has 0 atom stereocenters. The van der Waals surface area contributed by atoms with Crippen LogP contribution in [0, 0.1) is 16.1 Å². The zero-order valence-corrected chi connectivity index (χ0v) is 20.9. The van der Waals surface area contributed by atoms with Gasteiger partial charge < -0.3 is 15.5 Å². The van der Waals surface area contributed by atoms with Gasteiger partial charge in [0.25, 0.3) is 11.6 Å². The van der Waals surface area contributed by atoms with E-state index >= 15 is 0 Å². The number of aromatic nitrogens is 1. The van der Waals surface area contributed by atoms with Crippen LogP contribution in [0.15, 0.2) is 46.7 Å². The van der Waals surface area contributed by atoms with Crippen LogP contribution in [0.3, 0.4) is 0 Å². The number of nitro groups is 1. The maximum Gasteiger partial charge on any atom is 0.423 e. The summed E-state index contributed by atoms with van der Waals surface area (Å²) in [4.78, 5) is 31.8. The Hall–Kier alpha value is -3.43. The Bertz CT molecular complexity index is 1330. The lowest BCUT2D eigenvalue weighted by Crippen LogP contribution is -2.38. The van der Waals surface area contributed by atoms with Gasteiger partial charge in [-0.3, -0.25) is 14.9 Å². The van der Waals surface area contributed by atoms with Gasteiger partial charge in [-0.2, -0.15) is 17.6 Å². The minimum Gasteiger partial charge on any atom is -0.366 e. The van der Waals surface area contributed by atoms with Gasteiger partial charge in [-0.25, -0.2) is 9.98 Å². The molecule has 2 aliphatic rings. The Morgan fingerprint density at radius 3 is 2.72 bits per heavy atom. The normalized spacial score (nSPS) is 15.6. The maximum atomic E-state index is 14.3. The van der Waals surface area contributed by atoms with E-state index < -0.39 is 54.9 Å². The van der Waals surface area contributed by atoms with Gasteiger partial charge in [0.1, 0.15) is 17.2 Å². The Morgan fingerprint density at radius 2 is 2.06 bits per heavy atom. The number of nitrogens with one attached hydrogen (secondary N) is 2. The summed E-state index contributed by atoms with van der Waals surface area (Å²) >= 11 is -0.634. The van der Waals surface area contributed by atoms with E-state index in [1.165, 1.54) is 18.2 Å². The molecule has 0 aliphatic carbocycles. The van der Waals surface area contributed by atoms with Gasteiger partial charge in [0.05, 0.1) is 14.7 Å². The van der Waals surface area contributed by atoms with Crippen LogP contribution < -0.4 is 15.5 Å². The molecule has 0 unspecified atom stereocenters. The Kier molecular flexibility index (Phi) is 7.33. The fourth-order valence-electron chi connectivity index (χ4n) is 3.77. The van der Waals surface area contributed by atoms with Gasteiger partial charge in [-0.1, -0.05) is 20.7 Å². The van der Waals surface area contributed by atoms with Crippen LogP contribution in [0.1, 0.15) is 29.3 Å². The first kappa shape index (κ1) is 25.7. The van der Waals surface area contributed by atoms with Crippen molar-refractivity contribution in [3.8, 4) is 0 Å². The number of nitro benzene ring substituents is 1. The number of aliphatic imine (C=N–C) groups is 1. The summed E-state index contributed by atoms with van der Waals surface area (Å²) in [6.45, 7) is 2.76. The van der Waals surface area contributed by atoms with Crippen LogP contribution >= 0.6 is 20.7 Å². The van der Waals surface area contributed by atoms with Crippen molar-refractivity contribution in [2.75, 3.05) is 29.9 Å². The topological polar surface area (TPSA) is 113 Å². The van der Waals surface area contributed by atoms with Crippen LogP contribution in [0.4, 0.5) is 34.8 Å². The van der Waals surface area contributed by atoms with Gasteiger partial charge >= 0.3 is 6.18 Å². The second kappa shape index (κ2) is 10.3. The molecule has 36 heavy (non-hydrogen) atoms. The van der Waals surface area contributed by atoms with Crippen molar-refractivity contribution in [3.63, 3.8) is 0 Å². The molecule has 3 heterocycles. The third-order valence-electron chi connectivity index (χ3n) is 5.46. The van der Waals surface area contributed by atoms with Crippen molar-refractivity contribution in [2.45, 2.75) is 19.5 Å². The molecule has 2 aliphatic heterocycles. The van der Waals surface area contributed by atoms with E-state index in [2.05, 4.69) is 20.6 Å². The van der Waals surface area contributed by atoms with Crippen molar-refractivity contribution in [1.29, 1.82) is 0 Å². The molecule has 1 saturated heterocycles. The molecule has 1 amide bonds. The summed E-state index contributed by atoms with van der Waals surface area (Å²) in [5.74, 6) is -0.874. The standard InChI is InChI=1S/C22H19F4IN6O3/c1-2-28-21(34)14-4-6-18(30-19(14)23)31-20-13-7-8-32(10-16(13)27-11-29-20)12-3-5-17(33(35)36)15(9-12)22(24,25)26/h3-6,9,11H,2,7-8,10H2,1H3,(H,28,34)(H,29,30,31). The molecule has 4 rings (SSSR count). The lowest BCUT2D eigenvalue weighted by atomic mass is 10.0. The minimum atomic E-state index is -4.86. The fraction of sp³-hybridized carbons (Fsp3) is 0.273. The molecule has 1 aromatic carbocycles. The average Bonchev–Trinajstić information content (AvgIpc) is 2.83. The smallest absolute Gasteiger partial charge is 0.366 e. The van der Waals surface area contributed by atoms with Gasteiger partial charge in [-0.05, 0) is 37.6 Å². The number of alkyl halides is 3. The van der Waals surface area contributed by atoms with Crippen LogP contribution in [0.5, 0.6) is 0 Å². The number of fused-ring (bicyclic) bond motifs is 1. The molecule has 1 fully saturated rings. The lowest BCUT2D eigenvalue weighted by Gasteiger charge is -2.33. The molecule has 190 valence electrons. The summed E-state index contributed by atoms with van der Waals surface area (Å²) in [6, 6.07) is 5.79. The minimum absolute atomic E-state index is 0.160. The third-order valence-corrected chi connectivity index (χ3v) is 7.76. The molecule has 0 bridgehead atoms. The highest BCUT2D eigenvalue weighted by atomic mass is 127. The Labute approximate surface area is 212 Å². The number of pyridine rings is 1. The summed E-state index contributed by atoms with van der Waals surface area (Å²) in [7, 11) is 0. The monoisotopic (exact) mass is 618 g/mol. The molecule has 0 radical (unpaired) electrons. The van der Waals surface area contributed by atoms with Crippen molar-refractivity contribution in [3.05, 3.63) is 68.9 Å². The number of hydrogen-bond donors (Lipinski definition) is 2. The second-order valence-corrected chi connectivity index (χ2v) is 10.2. The van der Waals surface area contributed by atoms with E-state index in [1.807, 2.05) is 0 Å². The Morgan fingerprint density at radius 1 is 1.28 bits per heavy atom. The predicted octanol–water partition coefficient (Wildman–Crippen LogP) is 4.62. The third kappa shape index (κ3) is 5.37. The number of hydrogen-bond acceptors (Lipinski definition) is 7. The van der Waals surface area contributed by atoms with E-state index in [1.54, 1.807) is 16.0 Å². The molecule has 9 nitrogen and oxygen atoms in total. The molecule has 14 heteroatoms. The van der Waals surface area contributed by atoms with E-state index in [-0.39, 0.29) is 17.1 Å². The van der Waals surface area contributed by atoms with E-state index in [0.29, 0.717) is 31.9 Å². The zero-order valence-electron chi connectivity index (χ0n) is 18.7. The molecule has 0 saturated carbocycles. The first-order valence-electron chi connectivity index (χ1n) is 10.7. The van der Waals surface area contributed by atoms with E-state index in [4.69, 9.17) is 0 Å². The average molecular weight is 618 g/mol. The molecule has 2 aromatic rings. The van der Waals surface area contributed by atoms with E-state index in [0.717, 1.165) is 21.2 Å². The van der Waals surface area contributed by atoms with Crippen LogP contribution in [-0.4, -0.2) is 43.2 Å². The highest BCUT2D eigenvalue weighted by molar-refractivity contribution is 14.2. The van der Waals surface area contributed by atoms with Crippen LogP contribution in [-0.2, 0) is 6.18 Å². The number of carbonyl (C=O) groups excluding carboxylic acids is 1. The zero-order chi connectivity index (χ0) is 26.0. The number of rotatable bonds is 6. The van der Waals surface area contributed by atoms with Crippen molar-refractivity contribution >= 4 is 51.6 Å². The molecule has 1 aromatic heterocycles. The molecular formula is C22H19F4IN6O3. The number of anilines is 2. The van der Waals surface area contributed by atoms with Crippen molar-refractivity contribution < 1.29 is 27.3 Å². The quantitative estimate of drug-likeness (QED) is 0.161. The van der Waals surface area contributed by atoms with E-state index in [9.17, 15) is 32.5 Å². The van der Waals surface area contributed by atoms with Crippen LogP contribution in [0.25, 0.3) is 0 Å². The second-order valence-electron chi connectivity index (χ2n) is 7.72. The number of halogens is 5. The van der Waals surface area contributed by atoms with Gasteiger partial charge in [0.15, 0.2) is 0 Å². The maximum absolute atomic E-state index is 14.3. The number of nitrogens with zero attached hydrogens (tertiary/aromatic N) is 4. The number of carbonyl (C=O) groups is 1. The Balaban J connectivity index is 1.55. The molecule has 2 N–H and O–H groups in total. The predicted molar refractivity (Wildman–Crippen MR) is 135 cm³/mol. The van der Waals surface area contributed by atoms with Gasteiger partial charge in [0, 0.05) is 40.5 Å². The largest absolute Gasteiger partial charge is 0.423 e. The summed E-state index contributed by atoms with van der Waals surface area (Å²) < 4.78 is 57.3.